The summed E-state index contributed by atoms with van der Waals surface area (Å²) < 4.78 is 7.29. The van der Waals surface area contributed by atoms with E-state index in [4.69, 9.17) is 4.74 Å². The molecule has 0 bridgehead atoms. The highest BCUT2D eigenvalue weighted by atomic mass is 16.5. The fourth-order valence-electron chi connectivity index (χ4n) is 2.46. The lowest BCUT2D eigenvalue weighted by Crippen LogP contribution is -2.13. The van der Waals surface area contributed by atoms with Crippen molar-refractivity contribution < 1.29 is 9.53 Å². The van der Waals surface area contributed by atoms with E-state index < -0.39 is 0 Å². The van der Waals surface area contributed by atoms with Crippen molar-refractivity contribution in [1.82, 2.24) is 9.55 Å². The Kier molecular flexibility index (Phi) is 4.31. The summed E-state index contributed by atoms with van der Waals surface area (Å²) in [5.74, 6) is 1.10. The zero-order chi connectivity index (χ0) is 12.1. The molecule has 0 spiro atoms. The Bertz CT molecular complexity index is 385. The number of hydrogen-bond acceptors (Lipinski definition) is 3. The number of aldehydes is 1. The number of rotatable bonds is 6. The van der Waals surface area contributed by atoms with Gasteiger partial charge in [0.25, 0.3) is 0 Å². The fraction of sp³-hybridized carbons (Fsp3) is 0.692. The van der Waals surface area contributed by atoms with E-state index in [1.165, 1.54) is 12.8 Å². The molecule has 4 nitrogen and oxygen atoms in total. The highest BCUT2D eigenvalue weighted by molar-refractivity contribution is 5.73. The molecule has 0 radical (unpaired) electrons. The summed E-state index contributed by atoms with van der Waals surface area (Å²) in [6.45, 7) is 1.81. The van der Waals surface area contributed by atoms with Crippen LogP contribution in [-0.4, -0.2) is 29.6 Å². The van der Waals surface area contributed by atoms with E-state index >= 15 is 0 Å². The first-order chi connectivity index (χ1) is 8.36. The highest BCUT2D eigenvalue weighted by Gasteiger charge is 2.18. The van der Waals surface area contributed by atoms with E-state index in [1.54, 1.807) is 7.11 Å². The number of unbranched alkanes of at least 4 members (excludes halogenated alkanes) is 1. The molecule has 17 heavy (non-hydrogen) atoms. The minimum atomic E-state index is 0.652. The van der Waals surface area contributed by atoms with Crippen molar-refractivity contribution in [2.24, 2.45) is 0 Å². The molecule has 1 aliphatic rings. The van der Waals surface area contributed by atoms with Gasteiger partial charge in [-0.25, -0.2) is 4.98 Å². The first-order valence-corrected chi connectivity index (χ1v) is 6.39. The standard InChI is InChI=1S/C13H20N2O2/c1-17-9-5-3-6-12-11(10-16)14-13-7-2-4-8-15(12)13/h10H,2-9H2,1H3. The molecule has 0 fully saturated rings. The monoisotopic (exact) mass is 236 g/mol. The van der Waals surface area contributed by atoms with Crippen molar-refractivity contribution in [3.8, 4) is 0 Å². The average molecular weight is 236 g/mol. The second kappa shape index (κ2) is 5.96. The van der Waals surface area contributed by atoms with E-state index in [0.29, 0.717) is 5.69 Å². The summed E-state index contributed by atoms with van der Waals surface area (Å²) in [7, 11) is 1.72. The molecule has 0 aliphatic carbocycles. The van der Waals surface area contributed by atoms with Gasteiger partial charge in [0.15, 0.2) is 6.29 Å². The minimum absolute atomic E-state index is 0.652. The van der Waals surface area contributed by atoms with Crippen LogP contribution in [0, 0.1) is 0 Å². The smallest absolute Gasteiger partial charge is 0.170 e. The predicted octanol–water partition coefficient (Wildman–Crippen LogP) is 2.00. The first kappa shape index (κ1) is 12.3. The Morgan fingerprint density at radius 3 is 3.06 bits per heavy atom. The van der Waals surface area contributed by atoms with Gasteiger partial charge in [-0.1, -0.05) is 0 Å². The third kappa shape index (κ3) is 2.75. The summed E-state index contributed by atoms with van der Waals surface area (Å²) in [6, 6.07) is 0. The van der Waals surface area contributed by atoms with Crippen LogP contribution < -0.4 is 0 Å². The van der Waals surface area contributed by atoms with E-state index in [1.807, 2.05) is 0 Å². The van der Waals surface area contributed by atoms with Crippen molar-refractivity contribution in [2.75, 3.05) is 13.7 Å². The summed E-state index contributed by atoms with van der Waals surface area (Å²) in [4.78, 5) is 15.5. The minimum Gasteiger partial charge on any atom is -0.385 e. The van der Waals surface area contributed by atoms with Crippen LogP contribution >= 0.6 is 0 Å². The van der Waals surface area contributed by atoms with Gasteiger partial charge in [-0.3, -0.25) is 4.79 Å². The number of aryl methyl sites for hydroxylation is 1. The lowest BCUT2D eigenvalue weighted by molar-refractivity contribution is 0.111. The van der Waals surface area contributed by atoms with Crippen LogP contribution in [0.1, 0.15) is 47.7 Å². The first-order valence-electron chi connectivity index (χ1n) is 6.39. The maximum absolute atomic E-state index is 11.0. The lowest BCUT2D eigenvalue weighted by atomic mass is 10.1. The van der Waals surface area contributed by atoms with Gasteiger partial charge in [0.2, 0.25) is 0 Å². The van der Waals surface area contributed by atoms with Crippen molar-refractivity contribution in [1.29, 1.82) is 0 Å². The van der Waals surface area contributed by atoms with Crippen LogP contribution in [-0.2, 0) is 24.1 Å². The number of imidazole rings is 1. The molecule has 0 amide bonds. The second-order valence-corrected chi connectivity index (χ2v) is 4.54. The molecule has 2 rings (SSSR count). The number of fused-ring (bicyclic) bond motifs is 1. The third-order valence-electron chi connectivity index (χ3n) is 3.34. The molecule has 0 atom stereocenters. The molecule has 0 aromatic carbocycles. The molecule has 2 heterocycles. The van der Waals surface area contributed by atoms with Gasteiger partial charge in [-0.15, -0.1) is 0 Å². The van der Waals surface area contributed by atoms with Gasteiger partial charge in [0.05, 0.1) is 0 Å². The van der Waals surface area contributed by atoms with Crippen molar-refractivity contribution >= 4 is 6.29 Å². The SMILES string of the molecule is COCCCCc1c(C=O)nc2n1CCCC2. The molecule has 4 heteroatoms. The third-order valence-corrected chi connectivity index (χ3v) is 3.34. The summed E-state index contributed by atoms with van der Waals surface area (Å²) in [6.07, 6.45) is 7.33. The molecule has 0 saturated carbocycles. The van der Waals surface area contributed by atoms with Crippen LogP contribution in [0.2, 0.25) is 0 Å². The van der Waals surface area contributed by atoms with Gasteiger partial charge in [0, 0.05) is 32.4 Å². The van der Waals surface area contributed by atoms with Crippen LogP contribution in [0.25, 0.3) is 0 Å². The Balaban J connectivity index is 2.08. The molecular weight excluding hydrogens is 216 g/mol. The largest absolute Gasteiger partial charge is 0.385 e. The van der Waals surface area contributed by atoms with Crippen LogP contribution in [0.3, 0.4) is 0 Å². The Morgan fingerprint density at radius 2 is 2.29 bits per heavy atom. The van der Waals surface area contributed by atoms with Crippen molar-refractivity contribution in [2.45, 2.75) is 45.1 Å². The van der Waals surface area contributed by atoms with Crippen molar-refractivity contribution in [3.63, 3.8) is 0 Å². The van der Waals surface area contributed by atoms with E-state index in [2.05, 4.69) is 9.55 Å². The lowest BCUT2D eigenvalue weighted by Gasteiger charge is -2.16. The van der Waals surface area contributed by atoms with E-state index in [-0.39, 0.29) is 0 Å². The van der Waals surface area contributed by atoms with Gasteiger partial charge in [-0.2, -0.15) is 0 Å². The molecule has 1 aliphatic heterocycles. The Labute approximate surface area is 102 Å². The topological polar surface area (TPSA) is 44.1 Å². The quantitative estimate of drug-likeness (QED) is 0.560. The molecule has 0 saturated heterocycles. The van der Waals surface area contributed by atoms with Gasteiger partial charge in [-0.05, 0) is 32.1 Å². The number of methoxy groups -OCH3 is 1. The molecule has 0 unspecified atom stereocenters. The van der Waals surface area contributed by atoms with Crippen LogP contribution in [0.4, 0.5) is 0 Å². The number of hydrogen-bond donors (Lipinski definition) is 0. The van der Waals surface area contributed by atoms with Gasteiger partial charge in [0.1, 0.15) is 11.5 Å². The average Bonchev–Trinajstić information content (AvgIpc) is 2.73. The Morgan fingerprint density at radius 1 is 1.41 bits per heavy atom. The summed E-state index contributed by atoms with van der Waals surface area (Å²) in [5.41, 5.74) is 1.78. The van der Waals surface area contributed by atoms with Crippen molar-refractivity contribution in [3.05, 3.63) is 17.2 Å². The zero-order valence-corrected chi connectivity index (χ0v) is 10.4. The highest BCUT2D eigenvalue weighted by Crippen LogP contribution is 2.20. The number of nitrogens with zero attached hydrogens (tertiary/aromatic N) is 2. The van der Waals surface area contributed by atoms with Crippen LogP contribution in [0.15, 0.2) is 0 Å². The number of carbonyl (C=O) groups excluding carboxylic acids is 1. The molecule has 1 aromatic rings. The normalized spacial score (nSPS) is 14.6. The fourth-order valence-corrected chi connectivity index (χ4v) is 2.46. The van der Waals surface area contributed by atoms with Gasteiger partial charge >= 0.3 is 0 Å². The molecule has 0 N–H and O–H groups in total. The number of carbonyl (C=O) groups is 1. The van der Waals surface area contributed by atoms with E-state index in [0.717, 1.165) is 56.6 Å². The number of aromatic nitrogens is 2. The summed E-state index contributed by atoms with van der Waals surface area (Å²) in [5, 5.41) is 0. The Hall–Kier alpha value is -1.16. The second-order valence-electron chi connectivity index (χ2n) is 4.54. The molecular formula is C13H20N2O2. The summed E-state index contributed by atoms with van der Waals surface area (Å²) >= 11 is 0. The maximum Gasteiger partial charge on any atom is 0.170 e. The zero-order valence-electron chi connectivity index (χ0n) is 10.4. The maximum atomic E-state index is 11.0. The van der Waals surface area contributed by atoms with E-state index in [9.17, 15) is 4.79 Å². The number of ether oxygens (including phenoxy) is 1. The van der Waals surface area contributed by atoms with Gasteiger partial charge < -0.3 is 9.30 Å². The van der Waals surface area contributed by atoms with Crippen LogP contribution in [0.5, 0.6) is 0 Å². The predicted molar refractivity (Wildman–Crippen MR) is 65.4 cm³/mol. The molecule has 1 aromatic heterocycles. The molecule has 94 valence electrons.